The number of hydrogen-bond acceptors (Lipinski definition) is 2. The molecular formula is C13H10O2P+. The number of hydrogen-bond donors (Lipinski definition) is 0. The smallest absolute Gasteiger partial charge is 0.250 e. The number of fused-ring (bicyclic) bond motifs is 3. The summed E-state index contributed by atoms with van der Waals surface area (Å²) in [7, 11) is -1.75. The summed E-state index contributed by atoms with van der Waals surface area (Å²) < 4.78 is 17.3. The molecule has 1 heterocycles. The number of benzene rings is 2. The zero-order chi connectivity index (χ0) is 11.1. The van der Waals surface area contributed by atoms with Crippen molar-refractivity contribution in [2.75, 3.05) is 0 Å². The van der Waals surface area contributed by atoms with Crippen molar-refractivity contribution in [1.82, 2.24) is 0 Å². The Morgan fingerprint density at radius 1 is 1.06 bits per heavy atom. The maximum Gasteiger partial charge on any atom is 0.597 e. The van der Waals surface area contributed by atoms with Gasteiger partial charge >= 0.3 is 7.65 Å². The van der Waals surface area contributed by atoms with E-state index in [4.69, 9.17) is 4.20 Å². The zero-order valence-corrected chi connectivity index (χ0v) is 9.70. The van der Waals surface area contributed by atoms with Gasteiger partial charge in [-0.2, -0.15) is 0 Å². The van der Waals surface area contributed by atoms with Crippen molar-refractivity contribution in [2.45, 2.75) is 6.92 Å². The SMILES string of the molecule is Cc1ccc2o[p+](=O)c3ccccc3c2c1. The van der Waals surface area contributed by atoms with Crippen LogP contribution in [0, 0.1) is 6.92 Å². The van der Waals surface area contributed by atoms with Crippen LogP contribution < -0.4 is 0 Å². The molecule has 3 aromatic rings. The molecule has 0 saturated heterocycles. The fourth-order valence-corrected chi connectivity index (χ4v) is 2.97. The fourth-order valence-electron chi connectivity index (χ4n) is 1.93. The van der Waals surface area contributed by atoms with Crippen LogP contribution >= 0.6 is 7.65 Å². The molecule has 0 N–H and O–H groups in total. The molecule has 3 rings (SSSR count). The van der Waals surface area contributed by atoms with Gasteiger partial charge in [0.15, 0.2) is 5.58 Å². The molecule has 1 unspecified atom stereocenters. The van der Waals surface area contributed by atoms with Gasteiger partial charge in [0.1, 0.15) is 0 Å². The minimum absolute atomic E-state index is 0.713. The molecule has 0 amide bonds. The Bertz CT molecular complexity index is 744. The molecule has 0 saturated carbocycles. The summed E-state index contributed by atoms with van der Waals surface area (Å²) in [6, 6.07) is 13.6. The van der Waals surface area contributed by atoms with Crippen molar-refractivity contribution in [3.63, 3.8) is 0 Å². The highest BCUT2D eigenvalue weighted by Crippen LogP contribution is 2.35. The van der Waals surface area contributed by atoms with E-state index in [1.54, 1.807) is 0 Å². The van der Waals surface area contributed by atoms with Gasteiger partial charge in [-0.25, -0.2) is 4.20 Å². The van der Waals surface area contributed by atoms with Gasteiger partial charge in [0.2, 0.25) is 5.12 Å². The molecule has 1 aromatic heterocycles. The minimum atomic E-state index is -1.75. The highest BCUT2D eigenvalue weighted by molar-refractivity contribution is 7.37. The maximum absolute atomic E-state index is 11.9. The third-order valence-electron chi connectivity index (χ3n) is 2.71. The quantitative estimate of drug-likeness (QED) is 0.526. The van der Waals surface area contributed by atoms with Crippen LogP contribution in [-0.2, 0) is 4.57 Å². The first-order chi connectivity index (χ1) is 7.75. The van der Waals surface area contributed by atoms with Crippen LogP contribution in [0.3, 0.4) is 0 Å². The van der Waals surface area contributed by atoms with Crippen LogP contribution in [0.2, 0.25) is 0 Å². The lowest BCUT2D eigenvalue weighted by Crippen LogP contribution is -1.77. The van der Waals surface area contributed by atoms with Gasteiger partial charge < -0.3 is 0 Å². The zero-order valence-electron chi connectivity index (χ0n) is 8.81. The van der Waals surface area contributed by atoms with Gasteiger partial charge in [-0.1, -0.05) is 23.8 Å². The normalized spacial score (nSPS) is 12.2. The molecule has 1 atom stereocenters. The number of rotatable bonds is 0. The standard InChI is InChI=1S/C13H10O2P/c1-9-6-7-12-11(8-9)10-4-2-3-5-13(10)16(14)15-12/h2-8H,1H3/q+1. The molecule has 0 aliphatic heterocycles. The third kappa shape index (κ3) is 1.35. The largest absolute Gasteiger partial charge is 0.597 e. The molecule has 0 fully saturated rings. The fraction of sp³-hybridized carbons (Fsp3) is 0.0769. The Morgan fingerprint density at radius 3 is 2.75 bits per heavy atom. The summed E-state index contributed by atoms with van der Waals surface area (Å²) in [4.78, 5) is 0. The van der Waals surface area contributed by atoms with Gasteiger partial charge in [-0.15, -0.1) is 0 Å². The van der Waals surface area contributed by atoms with Crippen molar-refractivity contribution in [3.05, 3.63) is 48.0 Å². The summed E-state index contributed by atoms with van der Waals surface area (Å²) in [5.41, 5.74) is 1.89. The van der Waals surface area contributed by atoms with Crippen LogP contribution in [0.25, 0.3) is 21.5 Å². The van der Waals surface area contributed by atoms with Gasteiger partial charge in [-0.3, -0.25) is 0 Å². The van der Waals surface area contributed by atoms with Gasteiger partial charge in [0.25, 0.3) is 0 Å². The van der Waals surface area contributed by atoms with E-state index >= 15 is 0 Å². The Morgan fingerprint density at radius 2 is 1.88 bits per heavy atom. The molecule has 0 bridgehead atoms. The van der Waals surface area contributed by atoms with E-state index in [0.717, 1.165) is 15.9 Å². The van der Waals surface area contributed by atoms with E-state index in [1.807, 2.05) is 43.3 Å². The highest BCUT2D eigenvalue weighted by atomic mass is 31.1. The van der Waals surface area contributed by atoms with E-state index in [1.165, 1.54) is 5.56 Å². The van der Waals surface area contributed by atoms with E-state index in [-0.39, 0.29) is 0 Å². The average Bonchev–Trinajstić information content (AvgIpc) is 2.31. The lowest BCUT2D eigenvalue weighted by atomic mass is 10.1. The first-order valence-corrected chi connectivity index (χ1v) is 6.29. The van der Waals surface area contributed by atoms with Gasteiger partial charge in [-0.05, 0) is 35.8 Å². The predicted molar refractivity (Wildman–Crippen MR) is 66.1 cm³/mol. The molecule has 2 nitrogen and oxygen atoms in total. The Hall–Kier alpha value is -1.66. The molecule has 2 aromatic carbocycles. The Labute approximate surface area is 93.3 Å². The second kappa shape index (κ2) is 3.43. The maximum atomic E-state index is 11.9. The summed E-state index contributed by atoms with van der Waals surface area (Å²) >= 11 is 0. The van der Waals surface area contributed by atoms with Crippen molar-refractivity contribution >= 4 is 29.1 Å². The van der Waals surface area contributed by atoms with E-state index in [2.05, 4.69) is 6.07 Å². The Kier molecular flexibility index (Phi) is 2.05. The van der Waals surface area contributed by atoms with Gasteiger partial charge in [0, 0.05) is 10.8 Å². The molecule has 0 spiro atoms. The average molecular weight is 229 g/mol. The molecule has 3 heteroatoms. The van der Waals surface area contributed by atoms with Crippen LogP contribution in [0.1, 0.15) is 5.56 Å². The van der Waals surface area contributed by atoms with Crippen LogP contribution in [-0.4, -0.2) is 0 Å². The monoisotopic (exact) mass is 229 g/mol. The van der Waals surface area contributed by atoms with E-state index < -0.39 is 7.65 Å². The number of aryl methyl sites for hydroxylation is 1. The summed E-state index contributed by atoms with van der Waals surface area (Å²) in [5.74, 6) is 0. The molecular weight excluding hydrogens is 219 g/mol. The molecule has 0 aliphatic rings. The second-order valence-electron chi connectivity index (χ2n) is 3.87. The Balaban J connectivity index is 2.66. The van der Waals surface area contributed by atoms with Crippen LogP contribution in [0.4, 0.5) is 0 Å². The predicted octanol–water partition coefficient (Wildman–Crippen LogP) is 4.64. The molecule has 78 valence electrons. The summed E-state index contributed by atoms with van der Waals surface area (Å²) in [6.07, 6.45) is 0. The van der Waals surface area contributed by atoms with Crippen molar-refractivity contribution in [2.24, 2.45) is 0 Å². The lowest BCUT2D eigenvalue weighted by molar-refractivity contribution is 0.563. The van der Waals surface area contributed by atoms with Crippen molar-refractivity contribution in [1.29, 1.82) is 0 Å². The topological polar surface area (TPSA) is 30.2 Å². The van der Waals surface area contributed by atoms with Gasteiger partial charge in [0.05, 0.1) is 0 Å². The second-order valence-corrected chi connectivity index (χ2v) is 5.04. The lowest BCUT2D eigenvalue weighted by Gasteiger charge is -1.97. The van der Waals surface area contributed by atoms with Crippen LogP contribution in [0.15, 0.2) is 46.7 Å². The summed E-state index contributed by atoms with van der Waals surface area (Å²) in [5, 5.41) is 2.84. The highest BCUT2D eigenvalue weighted by Gasteiger charge is 2.15. The molecule has 0 aliphatic carbocycles. The first kappa shape index (κ1) is 9.56. The van der Waals surface area contributed by atoms with E-state index in [0.29, 0.717) is 5.58 Å². The molecule has 0 radical (unpaired) electrons. The van der Waals surface area contributed by atoms with Crippen molar-refractivity contribution in [3.8, 4) is 0 Å². The minimum Gasteiger partial charge on any atom is -0.250 e. The first-order valence-electron chi connectivity index (χ1n) is 5.11. The van der Waals surface area contributed by atoms with Crippen LogP contribution in [0.5, 0.6) is 0 Å². The van der Waals surface area contributed by atoms with Crippen molar-refractivity contribution < 1.29 is 8.76 Å². The third-order valence-corrected chi connectivity index (χ3v) is 3.85. The summed E-state index contributed by atoms with van der Waals surface area (Å²) in [6.45, 7) is 2.04. The van der Waals surface area contributed by atoms with E-state index in [9.17, 15) is 4.57 Å². The molecule has 16 heavy (non-hydrogen) atoms.